The molecule has 0 heterocycles. The fourth-order valence-corrected chi connectivity index (χ4v) is 4.72. The van der Waals surface area contributed by atoms with E-state index in [4.69, 9.17) is 9.47 Å². The van der Waals surface area contributed by atoms with Crippen molar-refractivity contribution in [1.29, 1.82) is 0 Å². The van der Waals surface area contributed by atoms with Crippen LogP contribution in [0.25, 0.3) is 0 Å². The minimum atomic E-state index is -1.18. The van der Waals surface area contributed by atoms with E-state index in [0.29, 0.717) is 6.42 Å². The SMILES string of the molecule is CC[C@H](C)[C@H](NC(=O)CC(NC(=O)OCc1ccccc1)C(Cc1ccccc1)NC(=O)OC(C)(C)C)C(=O)N[C@H](C(=O)O)C(C)C. The fraction of sp³-hybridized carbons (Fsp3) is 0.514. The molecule has 12 heteroatoms. The van der Waals surface area contributed by atoms with Gasteiger partial charge in [-0.3, -0.25) is 9.59 Å². The highest BCUT2D eigenvalue weighted by molar-refractivity contribution is 5.91. The summed E-state index contributed by atoms with van der Waals surface area (Å²) in [5.41, 5.74) is 0.772. The Morgan fingerprint density at radius 1 is 0.745 bits per heavy atom. The topological polar surface area (TPSA) is 172 Å². The lowest BCUT2D eigenvalue weighted by Crippen LogP contribution is -2.58. The normalized spacial score (nSPS) is 14.5. The molecule has 0 bridgehead atoms. The number of carbonyl (C=O) groups is 5. The molecule has 2 aromatic rings. The van der Waals surface area contributed by atoms with E-state index in [1.165, 1.54) is 0 Å². The van der Waals surface area contributed by atoms with Gasteiger partial charge in [0.25, 0.3) is 0 Å². The highest BCUT2D eigenvalue weighted by Crippen LogP contribution is 2.15. The zero-order chi connectivity index (χ0) is 35.1. The van der Waals surface area contributed by atoms with Gasteiger partial charge in [0.2, 0.25) is 11.8 Å². The van der Waals surface area contributed by atoms with Crippen LogP contribution in [0.1, 0.15) is 72.4 Å². The van der Waals surface area contributed by atoms with Crippen molar-refractivity contribution >= 4 is 30.0 Å². The van der Waals surface area contributed by atoms with Gasteiger partial charge in [-0.2, -0.15) is 0 Å². The second-order valence-electron chi connectivity index (χ2n) is 13.0. The first-order chi connectivity index (χ1) is 22.1. The molecule has 47 heavy (non-hydrogen) atoms. The first kappa shape index (κ1) is 38.6. The molecule has 0 aliphatic carbocycles. The molecule has 2 rings (SSSR count). The van der Waals surface area contributed by atoms with Gasteiger partial charge in [0.1, 0.15) is 24.3 Å². The maximum absolute atomic E-state index is 13.6. The van der Waals surface area contributed by atoms with E-state index in [0.717, 1.165) is 11.1 Å². The van der Waals surface area contributed by atoms with Crippen LogP contribution in [0.2, 0.25) is 0 Å². The minimum absolute atomic E-state index is 0.0225. The summed E-state index contributed by atoms with van der Waals surface area (Å²) in [7, 11) is 0. The number of amides is 4. The van der Waals surface area contributed by atoms with Crippen LogP contribution in [0.15, 0.2) is 60.7 Å². The van der Waals surface area contributed by atoms with Gasteiger partial charge >= 0.3 is 18.2 Å². The summed E-state index contributed by atoms with van der Waals surface area (Å²) in [6.45, 7) is 12.1. The third-order valence-electron chi connectivity index (χ3n) is 7.45. The number of benzene rings is 2. The first-order valence-electron chi connectivity index (χ1n) is 15.9. The van der Waals surface area contributed by atoms with Crippen LogP contribution in [0.3, 0.4) is 0 Å². The van der Waals surface area contributed by atoms with Gasteiger partial charge in [0, 0.05) is 6.42 Å². The van der Waals surface area contributed by atoms with E-state index in [1.807, 2.05) is 55.5 Å². The third kappa shape index (κ3) is 14.1. The number of rotatable bonds is 16. The van der Waals surface area contributed by atoms with Gasteiger partial charge < -0.3 is 35.8 Å². The van der Waals surface area contributed by atoms with Crippen molar-refractivity contribution in [2.24, 2.45) is 11.8 Å². The summed E-state index contributed by atoms with van der Waals surface area (Å²) in [5.74, 6) is -3.15. The highest BCUT2D eigenvalue weighted by Gasteiger charge is 2.34. The van der Waals surface area contributed by atoms with Crippen LogP contribution in [0, 0.1) is 11.8 Å². The van der Waals surface area contributed by atoms with Crippen LogP contribution < -0.4 is 21.3 Å². The first-order valence-corrected chi connectivity index (χ1v) is 15.9. The molecule has 0 aliphatic rings. The Balaban J connectivity index is 2.38. The van der Waals surface area contributed by atoms with E-state index >= 15 is 0 Å². The van der Waals surface area contributed by atoms with Crippen molar-refractivity contribution in [3.05, 3.63) is 71.8 Å². The van der Waals surface area contributed by atoms with Crippen molar-refractivity contribution in [2.45, 2.75) is 104 Å². The molecule has 5 atom stereocenters. The largest absolute Gasteiger partial charge is 0.480 e. The van der Waals surface area contributed by atoms with Gasteiger partial charge in [0.15, 0.2) is 0 Å². The molecule has 0 aromatic heterocycles. The number of nitrogens with one attached hydrogen (secondary N) is 4. The van der Waals surface area contributed by atoms with Crippen molar-refractivity contribution in [3.63, 3.8) is 0 Å². The Morgan fingerprint density at radius 2 is 1.30 bits per heavy atom. The average Bonchev–Trinajstić information content (AvgIpc) is 3.00. The smallest absolute Gasteiger partial charge is 0.407 e. The number of hydrogen-bond donors (Lipinski definition) is 5. The van der Waals surface area contributed by atoms with E-state index in [9.17, 15) is 29.1 Å². The Hall–Kier alpha value is -4.61. The van der Waals surface area contributed by atoms with Crippen LogP contribution in [0.5, 0.6) is 0 Å². The average molecular weight is 655 g/mol. The van der Waals surface area contributed by atoms with Crippen LogP contribution in [-0.2, 0) is 36.9 Å². The molecule has 2 aromatic carbocycles. The molecule has 0 fully saturated rings. The number of carboxylic acids is 1. The lowest BCUT2D eigenvalue weighted by Gasteiger charge is -2.31. The minimum Gasteiger partial charge on any atom is -0.480 e. The number of carbonyl (C=O) groups excluding carboxylic acids is 4. The number of carboxylic acid groups (broad SMARTS) is 1. The molecule has 5 N–H and O–H groups in total. The predicted octanol–water partition coefficient (Wildman–Crippen LogP) is 4.56. The fourth-order valence-electron chi connectivity index (χ4n) is 4.72. The zero-order valence-corrected chi connectivity index (χ0v) is 28.4. The quantitative estimate of drug-likeness (QED) is 0.175. The van der Waals surface area contributed by atoms with Crippen LogP contribution >= 0.6 is 0 Å². The van der Waals surface area contributed by atoms with E-state index < -0.39 is 65.7 Å². The number of hydrogen-bond acceptors (Lipinski definition) is 7. The molecule has 258 valence electrons. The van der Waals surface area contributed by atoms with Gasteiger partial charge in [0.05, 0.1) is 12.1 Å². The summed E-state index contributed by atoms with van der Waals surface area (Å²) >= 11 is 0. The third-order valence-corrected chi connectivity index (χ3v) is 7.45. The van der Waals surface area contributed by atoms with E-state index in [-0.39, 0.29) is 25.4 Å². The molecule has 2 unspecified atom stereocenters. The standard InChI is InChI=1S/C35H50N4O8/c1-8-23(4)30(31(41)39-29(22(2)3)32(42)43)38-28(40)20-27(36-33(44)46-21-25-17-13-10-14-18-25)26(19-24-15-11-9-12-16-24)37-34(45)47-35(5,6)7/h9-18,22-23,26-27,29-30H,8,19-21H2,1-7H3,(H,36,44)(H,37,45)(H,38,40)(H,39,41)(H,42,43)/t23-,26?,27?,29-,30-/m0/s1. The molecule has 0 saturated heterocycles. The van der Waals surface area contributed by atoms with Gasteiger partial charge in [-0.15, -0.1) is 0 Å². The molecule has 0 spiro atoms. The monoisotopic (exact) mass is 654 g/mol. The second-order valence-corrected chi connectivity index (χ2v) is 13.0. The van der Waals surface area contributed by atoms with Crippen molar-refractivity contribution in [3.8, 4) is 0 Å². The van der Waals surface area contributed by atoms with E-state index in [1.54, 1.807) is 53.7 Å². The Bertz CT molecular complexity index is 1310. The number of ether oxygens (including phenoxy) is 2. The maximum atomic E-state index is 13.6. The lowest BCUT2D eigenvalue weighted by molar-refractivity contribution is -0.143. The zero-order valence-electron chi connectivity index (χ0n) is 28.4. The van der Waals surface area contributed by atoms with Gasteiger partial charge in [-0.1, -0.05) is 94.8 Å². The Kier molecular flexibility index (Phi) is 15.2. The van der Waals surface area contributed by atoms with Crippen molar-refractivity contribution < 1.29 is 38.6 Å². The van der Waals surface area contributed by atoms with Crippen LogP contribution in [-0.4, -0.2) is 64.8 Å². The molecule has 0 radical (unpaired) electrons. The number of aliphatic carboxylic acids is 1. The second kappa shape index (κ2) is 18.5. The maximum Gasteiger partial charge on any atom is 0.407 e. The van der Waals surface area contributed by atoms with Crippen molar-refractivity contribution in [1.82, 2.24) is 21.3 Å². The Labute approximate surface area is 277 Å². The highest BCUT2D eigenvalue weighted by atomic mass is 16.6. The summed E-state index contributed by atoms with van der Waals surface area (Å²) in [6.07, 6.45) is -1.16. The molecule has 0 saturated carbocycles. The molecule has 12 nitrogen and oxygen atoms in total. The predicted molar refractivity (Wildman–Crippen MR) is 177 cm³/mol. The van der Waals surface area contributed by atoms with Crippen molar-refractivity contribution in [2.75, 3.05) is 0 Å². The molecular formula is C35H50N4O8. The Morgan fingerprint density at radius 3 is 1.81 bits per heavy atom. The molecule has 0 aliphatic heterocycles. The summed E-state index contributed by atoms with van der Waals surface area (Å²) in [6, 6.07) is 14.2. The molecule has 4 amide bonds. The summed E-state index contributed by atoms with van der Waals surface area (Å²) in [4.78, 5) is 64.7. The number of alkyl carbamates (subject to hydrolysis) is 2. The summed E-state index contributed by atoms with van der Waals surface area (Å²) < 4.78 is 10.9. The van der Waals surface area contributed by atoms with Gasteiger partial charge in [-0.25, -0.2) is 14.4 Å². The van der Waals surface area contributed by atoms with E-state index in [2.05, 4.69) is 21.3 Å². The summed E-state index contributed by atoms with van der Waals surface area (Å²) in [5, 5.41) is 20.4. The van der Waals surface area contributed by atoms with Crippen LogP contribution in [0.4, 0.5) is 9.59 Å². The molecular weight excluding hydrogens is 604 g/mol. The lowest BCUT2D eigenvalue weighted by atomic mass is 9.94. The van der Waals surface area contributed by atoms with Gasteiger partial charge in [-0.05, 0) is 50.2 Å².